The number of nitriles is 1. The zero-order chi connectivity index (χ0) is 16.2. The predicted molar refractivity (Wildman–Crippen MR) is 85.2 cm³/mol. The second-order valence-corrected chi connectivity index (χ2v) is 6.40. The molecular formula is C18H22N2O2. The van der Waals surface area contributed by atoms with Gasteiger partial charge in [-0.2, -0.15) is 5.26 Å². The summed E-state index contributed by atoms with van der Waals surface area (Å²) < 4.78 is 5.27. The smallest absolute Gasteiger partial charge is 0.203 e. The molecule has 1 unspecified atom stereocenters. The monoisotopic (exact) mass is 298 g/mol. The van der Waals surface area contributed by atoms with E-state index in [9.17, 15) is 5.11 Å². The van der Waals surface area contributed by atoms with Gasteiger partial charge >= 0.3 is 0 Å². The highest BCUT2D eigenvalue weighted by molar-refractivity contribution is 5.28. The predicted octanol–water partition coefficient (Wildman–Crippen LogP) is 3.27. The minimum atomic E-state index is -0.570. The molecule has 0 saturated carbocycles. The molecule has 1 heterocycles. The number of aliphatic hydroxyl groups excluding tert-OH is 1. The molecule has 1 aromatic carbocycles. The molecule has 2 N–H and O–H groups in total. The van der Waals surface area contributed by atoms with Crippen LogP contribution in [0, 0.1) is 11.3 Å². The summed E-state index contributed by atoms with van der Waals surface area (Å²) in [6, 6.07) is 13.4. The molecule has 0 aliphatic carbocycles. The van der Waals surface area contributed by atoms with Crippen LogP contribution in [0.5, 0.6) is 0 Å². The third kappa shape index (κ3) is 4.20. The zero-order valence-electron chi connectivity index (χ0n) is 13.3. The van der Waals surface area contributed by atoms with Crippen LogP contribution in [0.3, 0.4) is 0 Å². The Morgan fingerprint density at radius 3 is 2.41 bits per heavy atom. The van der Waals surface area contributed by atoms with Gasteiger partial charge in [0.15, 0.2) is 0 Å². The van der Waals surface area contributed by atoms with E-state index in [4.69, 9.17) is 9.68 Å². The fraction of sp³-hybridized carbons (Fsp3) is 0.389. The molecule has 0 radical (unpaired) electrons. The van der Waals surface area contributed by atoms with Gasteiger partial charge in [-0.15, -0.1) is 0 Å². The van der Waals surface area contributed by atoms with Crippen molar-refractivity contribution in [2.75, 3.05) is 6.54 Å². The fourth-order valence-corrected chi connectivity index (χ4v) is 2.19. The van der Waals surface area contributed by atoms with Gasteiger partial charge in [0.05, 0.1) is 12.6 Å². The van der Waals surface area contributed by atoms with E-state index >= 15 is 0 Å². The van der Waals surface area contributed by atoms with Gasteiger partial charge < -0.3 is 14.8 Å². The first-order chi connectivity index (χ1) is 10.4. The molecule has 0 fully saturated rings. The van der Waals surface area contributed by atoms with Gasteiger partial charge in [-0.1, -0.05) is 45.0 Å². The minimum absolute atomic E-state index is 0.111. The summed E-state index contributed by atoms with van der Waals surface area (Å²) in [5, 5.41) is 22.0. The highest BCUT2D eigenvalue weighted by Gasteiger charge is 2.14. The summed E-state index contributed by atoms with van der Waals surface area (Å²) in [4.78, 5) is 0. The standard InChI is InChI=1S/C18H22N2O2/c1-18(2,3)14-6-4-13(5-7-14)17(21)12-20-11-16-9-8-15(10-19)22-16/h4-9,17,20-21H,11-12H2,1-3H3. The molecule has 4 heteroatoms. The van der Waals surface area contributed by atoms with E-state index in [1.165, 1.54) is 5.56 Å². The van der Waals surface area contributed by atoms with Gasteiger partial charge in [-0.25, -0.2) is 0 Å². The third-order valence-corrected chi connectivity index (χ3v) is 3.57. The van der Waals surface area contributed by atoms with Gasteiger partial charge in [0, 0.05) is 6.54 Å². The maximum Gasteiger partial charge on any atom is 0.203 e. The van der Waals surface area contributed by atoms with Crippen molar-refractivity contribution in [2.24, 2.45) is 0 Å². The van der Waals surface area contributed by atoms with Crippen LogP contribution in [0.1, 0.15) is 49.5 Å². The van der Waals surface area contributed by atoms with Crippen LogP contribution in [-0.2, 0) is 12.0 Å². The van der Waals surface area contributed by atoms with Crippen LogP contribution in [0.25, 0.3) is 0 Å². The maximum atomic E-state index is 10.2. The molecule has 116 valence electrons. The molecule has 1 atom stereocenters. The maximum absolute atomic E-state index is 10.2. The second kappa shape index (κ2) is 6.78. The molecule has 0 aliphatic rings. The first kappa shape index (κ1) is 16.3. The largest absolute Gasteiger partial charge is 0.449 e. The van der Waals surface area contributed by atoms with Crippen LogP contribution in [-0.4, -0.2) is 11.7 Å². The number of aliphatic hydroxyl groups is 1. The van der Waals surface area contributed by atoms with Crippen LogP contribution in [0.4, 0.5) is 0 Å². The van der Waals surface area contributed by atoms with E-state index in [0.717, 1.165) is 5.56 Å². The topological polar surface area (TPSA) is 69.2 Å². The molecule has 2 rings (SSSR count). The Bertz CT molecular complexity index is 645. The molecule has 2 aromatic rings. The van der Waals surface area contributed by atoms with Gasteiger partial charge in [0.2, 0.25) is 5.76 Å². The number of rotatable bonds is 5. The van der Waals surface area contributed by atoms with Crippen molar-refractivity contribution in [3.63, 3.8) is 0 Å². The van der Waals surface area contributed by atoms with Gasteiger partial charge in [-0.05, 0) is 28.7 Å². The van der Waals surface area contributed by atoms with Crippen LogP contribution in [0.15, 0.2) is 40.8 Å². The van der Waals surface area contributed by atoms with Crippen molar-refractivity contribution in [2.45, 2.75) is 38.8 Å². The quantitative estimate of drug-likeness (QED) is 0.889. The van der Waals surface area contributed by atoms with Crippen molar-refractivity contribution < 1.29 is 9.52 Å². The lowest BCUT2D eigenvalue weighted by molar-refractivity contribution is 0.173. The highest BCUT2D eigenvalue weighted by atomic mass is 16.3. The van der Waals surface area contributed by atoms with Gasteiger partial charge in [-0.3, -0.25) is 0 Å². The van der Waals surface area contributed by atoms with Crippen molar-refractivity contribution >= 4 is 0 Å². The first-order valence-electron chi connectivity index (χ1n) is 7.38. The summed E-state index contributed by atoms with van der Waals surface area (Å²) in [5.74, 6) is 0.988. The Morgan fingerprint density at radius 2 is 1.86 bits per heavy atom. The van der Waals surface area contributed by atoms with Gasteiger partial charge in [0.1, 0.15) is 11.8 Å². The Kier molecular flexibility index (Phi) is 5.02. The summed E-state index contributed by atoms with van der Waals surface area (Å²) in [6.07, 6.45) is -0.570. The van der Waals surface area contributed by atoms with Crippen molar-refractivity contribution in [1.29, 1.82) is 5.26 Å². The SMILES string of the molecule is CC(C)(C)c1ccc(C(O)CNCc2ccc(C#N)o2)cc1. The molecule has 0 amide bonds. The third-order valence-electron chi connectivity index (χ3n) is 3.57. The lowest BCUT2D eigenvalue weighted by Crippen LogP contribution is -2.21. The number of hydrogen-bond donors (Lipinski definition) is 2. The molecule has 4 nitrogen and oxygen atoms in total. The molecule has 0 bridgehead atoms. The van der Waals surface area contributed by atoms with Crippen LogP contribution in [0.2, 0.25) is 0 Å². The van der Waals surface area contributed by atoms with E-state index in [0.29, 0.717) is 24.6 Å². The summed E-state index contributed by atoms with van der Waals surface area (Å²) >= 11 is 0. The normalized spacial score (nSPS) is 12.9. The molecule has 0 aliphatic heterocycles. The average molecular weight is 298 g/mol. The Balaban J connectivity index is 1.87. The Labute approximate surface area is 131 Å². The van der Waals surface area contributed by atoms with Crippen LogP contribution < -0.4 is 5.32 Å². The number of benzene rings is 1. The van der Waals surface area contributed by atoms with E-state index in [1.54, 1.807) is 12.1 Å². The lowest BCUT2D eigenvalue weighted by atomic mass is 9.86. The highest BCUT2D eigenvalue weighted by Crippen LogP contribution is 2.23. The zero-order valence-corrected chi connectivity index (χ0v) is 13.3. The van der Waals surface area contributed by atoms with E-state index in [2.05, 4.69) is 38.2 Å². The molecule has 0 spiro atoms. The fourth-order valence-electron chi connectivity index (χ4n) is 2.19. The Morgan fingerprint density at radius 1 is 1.18 bits per heavy atom. The van der Waals surface area contributed by atoms with E-state index < -0.39 is 6.10 Å². The molecule has 1 aromatic heterocycles. The molecule has 0 saturated heterocycles. The number of nitrogens with zero attached hydrogens (tertiary/aromatic N) is 1. The molecule has 22 heavy (non-hydrogen) atoms. The number of furan rings is 1. The first-order valence-corrected chi connectivity index (χ1v) is 7.38. The van der Waals surface area contributed by atoms with Crippen molar-refractivity contribution in [3.8, 4) is 6.07 Å². The van der Waals surface area contributed by atoms with E-state index in [-0.39, 0.29) is 5.41 Å². The van der Waals surface area contributed by atoms with Gasteiger partial charge in [0.25, 0.3) is 0 Å². The minimum Gasteiger partial charge on any atom is -0.449 e. The lowest BCUT2D eigenvalue weighted by Gasteiger charge is -2.20. The summed E-state index contributed by atoms with van der Waals surface area (Å²) in [6.45, 7) is 7.41. The van der Waals surface area contributed by atoms with Crippen LogP contribution >= 0.6 is 0 Å². The average Bonchev–Trinajstić information content (AvgIpc) is 2.94. The summed E-state index contributed by atoms with van der Waals surface area (Å²) in [7, 11) is 0. The summed E-state index contributed by atoms with van der Waals surface area (Å²) in [5.41, 5.74) is 2.24. The Hall–Kier alpha value is -2.09. The van der Waals surface area contributed by atoms with E-state index in [1.807, 2.05) is 18.2 Å². The number of nitrogens with one attached hydrogen (secondary N) is 1. The molecular weight excluding hydrogens is 276 g/mol. The van der Waals surface area contributed by atoms with Crippen molar-refractivity contribution in [1.82, 2.24) is 5.32 Å². The van der Waals surface area contributed by atoms with Crippen molar-refractivity contribution in [3.05, 3.63) is 59.0 Å². The number of hydrogen-bond acceptors (Lipinski definition) is 4. The second-order valence-electron chi connectivity index (χ2n) is 6.40.